The predicted octanol–water partition coefficient (Wildman–Crippen LogP) is 1.40. The molecule has 1 amide bonds. The van der Waals surface area contributed by atoms with Crippen molar-refractivity contribution in [2.75, 3.05) is 6.54 Å². The van der Waals surface area contributed by atoms with E-state index in [0.29, 0.717) is 6.42 Å². The summed E-state index contributed by atoms with van der Waals surface area (Å²) in [5.41, 5.74) is 0. The number of carboxylic acid groups (broad SMARTS) is 1. The minimum Gasteiger partial charge on any atom is -0.481 e. The molecule has 0 aromatic carbocycles. The molecule has 1 aliphatic carbocycles. The summed E-state index contributed by atoms with van der Waals surface area (Å²) in [4.78, 5) is 21.8. The summed E-state index contributed by atoms with van der Waals surface area (Å²) in [6.45, 7) is 1.83. The highest BCUT2D eigenvalue weighted by atomic mass is 16.4. The molecule has 86 valence electrons. The molecule has 2 N–H and O–H groups in total. The van der Waals surface area contributed by atoms with Crippen LogP contribution in [0.15, 0.2) is 0 Å². The fourth-order valence-corrected chi connectivity index (χ4v) is 1.56. The molecule has 0 radical (unpaired) electrons. The minimum atomic E-state index is -0.866. The maximum atomic E-state index is 11.3. The van der Waals surface area contributed by atoms with Crippen LogP contribution in [0.5, 0.6) is 0 Å². The monoisotopic (exact) mass is 213 g/mol. The van der Waals surface area contributed by atoms with Gasteiger partial charge in [-0.25, -0.2) is 0 Å². The number of hydrogen-bond donors (Lipinski definition) is 2. The first-order valence-corrected chi connectivity index (χ1v) is 5.59. The van der Waals surface area contributed by atoms with E-state index in [4.69, 9.17) is 5.11 Å². The Morgan fingerprint density at radius 1 is 1.47 bits per heavy atom. The Hall–Kier alpha value is -1.06. The van der Waals surface area contributed by atoms with E-state index in [2.05, 4.69) is 5.32 Å². The van der Waals surface area contributed by atoms with Crippen LogP contribution in [0.1, 0.15) is 39.0 Å². The van der Waals surface area contributed by atoms with Crippen LogP contribution < -0.4 is 5.32 Å². The third-order valence-corrected chi connectivity index (χ3v) is 3.03. The van der Waals surface area contributed by atoms with Gasteiger partial charge in [-0.15, -0.1) is 0 Å². The van der Waals surface area contributed by atoms with Crippen molar-refractivity contribution >= 4 is 11.9 Å². The lowest BCUT2D eigenvalue weighted by atomic mass is 9.82. The molecule has 15 heavy (non-hydrogen) atoms. The lowest BCUT2D eigenvalue weighted by molar-refractivity contribution is -0.141. The smallest absolute Gasteiger partial charge is 0.308 e. The van der Waals surface area contributed by atoms with Gasteiger partial charge in [0.1, 0.15) is 0 Å². The summed E-state index contributed by atoms with van der Waals surface area (Å²) >= 11 is 0. The first kappa shape index (κ1) is 12.0. The van der Waals surface area contributed by atoms with Gasteiger partial charge >= 0.3 is 5.97 Å². The number of nitrogens with one attached hydrogen (secondary N) is 1. The molecule has 1 saturated carbocycles. The lowest BCUT2D eigenvalue weighted by Crippen LogP contribution is -2.31. The average Bonchev–Trinajstić information content (AvgIpc) is 2.11. The van der Waals surface area contributed by atoms with Crippen molar-refractivity contribution in [2.24, 2.45) is 11.8 Å². The fourth-order valence-electron chi connectivity index (χ4n) is 1.56. The second-order valence-corrected chi connectivity index (χ2v) is 4.38. The summed E-state index contributed by atoms with van der Waals surface area (Å²) in [5.74, 6) is -0.658. The molecule has 1 atom stereocenters. The van der Waals surface area contributed by atoms with E-state index in [1.807, 2.05) is 0 Å². The first-order chi connectivity index (χ1) is 7.09. The van der Waals surface area contributed by atoms with E-state index in [0.717, 1.165) is 12.3 Å². The number of hydrogen-bond acceptors (Lipinski definition) is 2. The van der Waals surface area contributed by atoms with Crippen LogP contribution in [-0.2, 0) is 9.59 Å². The van der Waals surface area contributed by atoms with Crippen molar-refractivity contribution in [3.63, 3.8) is 0 Å². The van der Waals surface area contributed by atoms with Crippen LogP contribution in [0.3, 0.4) is 0 Å². The summed E-state index contributed by atoms with van der Waals surface area (Å²) < 4.78 is 0. The maximum absolute atomic E-state index is 11.3. The Kier molecular flexibility index (Phi) is 4.59. The molecular weight excluding hydrogens is 194 g/mol. The van der Waals surface area contributed by atoms with Gasteiger partial charge in [0.15, 0.2) is 0 Å². The highest BCUT2D eigenvalue weighted by Crippen LogP contribution is 2.30. The average molecular weight is 213 g/mol. The van der Waals surface area contributed by atoms with Crippen LogP contribution in [-0.4, -0.2) is 23.5 Å². The third kappa shape index (κ3) is 4.32. The van der Waals surface area contributed by atoms with Gasteiger partial charge in [0, 0.05) is 13.0 Å². The van der Waals surface area contributed by atoms with Gasteiger partial charge in [0.05, 0.1) is 5.92 Å². The number of carbonyl (C=O) groups excluding carboxylic acids is 1. The maximum Gasteiger partial charge on any atom is 0.308 e. The summed E-state index contributed by atoms with van der Waals surface area (Å²) in [6, 6.07) is 0. The highest BCUT2D eigenvalue weighted by molar-refractivity contribution is 5.77. The van der Waals surface area contributed by atoms with Crippen molar-refractivity contribution in [1.29, 1.82) is 0 Å². The molecule has 0 aromatic heterocycles. The number of carboxylic acids is 1. The molecule has 0 bridgehead atoms. The molecule has 1 aliphatic rings. The number of carbonyl (C=O) groups is 2. The molecule has 0 spiro atoms. The second kappa shape index (κ2) is 5.73. The van der Waals surface area contributed by atoms with E-state index in [-0.39, 0.29) is 12.5 Å². The molecule has 0 aromatic rings. The van der Waals surface area contributed by atoms with Crippen LogP contribution in [0, 0.1) is 11.8 Å². The molecule has 1 fully saturated rings. The van der Waals surface area contributed by atoms with Crippen molar-refractivity contribution in [2.45, 2.75) is 39.0 Å². The zero-order valence-corrected chi connectivity index (χ0v) is 9.16. The molecule has 0 aliphatic heterocycles. The molecular formula is C11H19NO3. The zero-order chi connectivity index (χ0) is 11.3. The van der Waals surface area contributed by atoms with Gasteiger partial charge in [-0.05, 0) is 12.3 Å². The molecule has 0 saturated heterocycles. The van der Waals surface area contributed by atoms with E-state index < -0.39 is 11.9 Å². The first-order valence-electron chi connectivity index (χ1n) is 5.59. The Morgan fingerprint density at radius 3 is 2.60 bits per heavy atom. The molecule has 1 unspecified atom stereocenters. The molecule has 0 heterocycles. The normalized spacial score (nSPS) is 17.9. The van der Waals surface area contributed by atoms with Crippen molar-refractivity contribution in [1.82, 2.24) is 5.32 Å². The SMILES string of the molecule is CC(CNC(=O)CCC1CCC1)C(=O)O. The van der Waals surface area contributed by atoms with E-state index in [9.17, 15) is 9.59 Å². The second-order valence-electron chi connectivity index (χ2n) is 4.38. The van der Waals surface area contributed by atoms with Gasteiger partial charge in [0.2, 0.25) is 5.91 Å². The Balaban J connectivity index is 2.04. The number of rotatable bonds is 6. The van der Waals surface area contributed by atoms with Gasteiger partial charge in [-0.1, -0.05) is 26.2 Å². The zero-order valence-electron chi connectivity index (χ0n) is 9.16. The fraction of sp³-hybridized carbons (Fsp3) is 0.818. The number of amides is 1. The summed E-state index contributed by atoms with van der Waals surface area (Å²) in [5, 5.41) is 11.3. The molecule has 4 nitrogen and oxygen atoms in total. The van der Waals surface area contributed by atoms with Crippen LogP contribution >= 0.6 is 0 Å². The lowest BCUT2D eigenvalue weighted by Gasteiger charge is -2.24. The molecule has 4 heteroatoms. The Labute approximate surface area is 90.0 Å². The van der Waals surface area contributed by atoms with Crippen molar-refractivity contribution in [3.05, 3.63) is 0 Å². The molecule has 1 rings (SSSR count). The highest BCUT2D eigenvalue weighted by Gasteiger charge is 2.18. The predicted molar refractivity (Wildman–Crippen MR) is 56.4 cm³/mol. The topological polar surface area (TPSA) is 66.4 Å². The van der Waals surface area contributed by atoms with Gasteiger partial charge in [-0.3, -0.25) is 9.59 Å². The largest absolute Gasteiger partial charge is 0.481 e. The Morgan fingerprint density at radius 2 is 2.13 bits per heavy atom. The number of aliphatic carboxylic acids is 1. The van der Waals surface area contributed by atoms with E-state index >= 15 is 0 Å². The quantitative estimate of drug-likeness (QED) is 0.701. The Bertz CT molecular complexity index is 236. The standard InChI is InChI=1S/C11H19NO3/c1-8(11(14)15)7-12-10(13)6-5-9-3-2-4-9/h8-9H,2-7H2,1H3,(H,12,13)(H,14,15). The van der Waals surface area contributed by atoms with Crippen LogP contribution in [0.25, 0.3) is 0 Å². The van der Waals surface area contributed by atoms with E-state index in [1.165, 1.54) is 19.3 Å². The summed E-state index contributed by atoms with van der Waals surface area (Å²) in [7, 11) is 0. The third-order valence-electron chi connectivity index (χ3n) is 3.03. The van der Waals surface area contributed by atoms with Crippen LogP contribution in [0.2, 0.25) is 0 Å². The summed E-state index contributed by atoms with van der Waals surface area (Å²) in [6.07, 6.45) is 5.28. The van der Waals surface area contributed by atoms with Crippen molar-refractivity contribution in [3.8, 4) is 0 Å². The van der Waals surface area contributed by atoms with Crippen molar-refractivity contribution < 1.29 is 14.7 Å². The van der Waals surface area contributed by atoms with Crippen LogP contribution in [0.4, 0.5) is 0 Å². The van der Waals surface area contributed by atoms with E-state index in [1.54, 1.807) is 6.92 Å². The minimum absolute atomic E-state index is 0.0185. The van der Waals surface area contributed by atoms with Gasteiger partial charge in [-0.2, -0.15) is 0 Å². The van der Waals surface area contributed by atoms with Gasteiger partial charge < -0.3 is 10.4 Å². The van der Waals surface area contributed by atoms with Gasteiger partial charge in [0.25, 0.3) is 0 Å².